The van der Waals surface area contributed by atoms with E-state index in [1.807, 2.05) is 0 Å². The molecule has 0 fully saturated rings. The number of oxazole rings is 1. The van der Waals surface area contributed by atoms with Crippen LogP contribution in [0, 0.1) is 6.92 Å². The molecule has 0 aliphatic carbocycles. The Morgan fingerprint density at radius 3 is 2.30 bits per heavy atom. The highest BCUT2D eigenvalue weighted by atomic mass is 19.4. The van der Waals surface area contributed by atoms with E-state index in [9.17, 15) is 13.2 Å². The van der Waals surface area contributed by atoms with Crippen molar-refractivity contribution in [2.75, 3.05) is 0 Å². The third-order valence-electron chi connectivity index (χ3n) is 2.99. The number of aliphatic hydroxyl groups excluding tert-OH is 1. The van der Waals surface area contributed by atoms with E-state index in [-0.39, 0.29) is 6.61 Å². The average Bonchev–Trinajstić information content (AvgIpc) is 2.76. The minimum Gasteiger partial charge on any atom is -0.443 e. The zero-order chi connectivity index (χ0) is 14.8. The molecule has 0 spiro atoms. The Morgan fingerprint density at radius 1 is 1.15 bits per heavy atom. The lowest BCUT2D eigenvalue weighted by Gasteiger charge is -2.07. The van der Waals surface area contributed by atoms with Crippen LogP contribution in [0.5, 0.6) is 0 Å². The first-order valence-electron chi connectivity index (χ1n) is 6.12. The van der Waals surface area contributed by atoms with Gasteiger partial charge in [-0.2, -0.15) is 13.2 Å². The summed E-state index contributed by atoms with van der Waals surface area (Å²) in [5.41, 5.74) is 0.755. The van der Waals surface area contributed by atoms with E-state index in [4.69, 9.17) is 9.52 Å². The van der Waals surface area contributed by atoms with Crippen molar-refractivity contribution in [3.63, 3.8) is 0 Å². The number of aryl methyl sites for hydroxylation is 3. The third kappa shape index (κ3) is 3.39. The molecule has 1 aromatic carbocycles. The highest BCUT2D eigenvalue weighted by molar-refractivity contribution is 5.25. The minimum atomic E-state index is -4.31. The van der Waals surface area contributed by atoms with Crippen molar-refractivity contribution in [2.45, 2.75) is 32.5 Å². The van der Waals surface area contributed by atoms with Gasteiger partial charge in [-0.1, -0.05) is 12.1 Å². The fourth-order valence-electron chi connectivity index (χ4n) is 1.85. The molecule has 0 aliphatic rings. The lowest BCUT2D eigenvalue weighted by molar-refractivity contribution is -0.137. The molecule has 0 aliphatic heterocycles. The molecule has 1 aromatic heterocycles. The number of nitrogens with zero attached hydrogens (tertiary/aromatic N) is 1. The van der Waals surface area contributed by atoms with Gasteiger partial charge in [-0.15, -0.1) is 0 Å². The quantitative estimate of drug-likeness (QED) is 0.937. The molecule has 2 aromatic rings. The van der Waals surface area contributed by atoms with E-state index in [1.54, 1.807) is 6.92 Å². The number of alkyl halides is 3. The molecule has 6 heteroatoms. The van der Waals surface area contributed by atoms with Gasteiger partial charge in [0.25, 0.3) is 0 Å². The van der Waals surface area contributed by atoms with E-state index in [0.717, 1.165) is 17.7 Å². The predicted molar refractivity (Wildman–Crippen MR) is 66.0 cm³/mol. The van der Waals surface area contributed by atoms with E-state index >= 15 is 0 Å². The molecule has 0 bridgehead atoms. The van der Waals surface area contributed by atoms with Gasteiger partial charge in [0.15, 0.2) is 11.7 Å². The summed E-state index contributed by atoms with van der Waals surface area (Å²) >= 11 is 0. The highest BCUT2D eigenvalue weighted by Crippen LogP contribution is 2.29. The van der Waals surface area contributed by atoms with Gasteiger partial charge in [0.2, 0.25) is 0 Å². The van der Waals surface area contributed by atoms with E-state index in [1.165, 1.54) is 12.1 Å². The van der Waals surface area contributed by atoms with Crippen molar-refractivity contribution >= 4 is 0 Å². The molecule has 3 nitrogen and oxygen atoms in total. The van der Waals surface area contributed by atoms with Crippen LogP contribution in [0.3, 0.4) is 0 Å². The first-order valence-corrected chi connectivity index (χ1v) is 6.12. The molecule has 1 N–H and O–H groups in total. The van der Waals surface area contributed by atoms with Crippen molar-refractivity contribution in [3.05, 3.63) is 52.7 Å². The van der Waals surface area contributed by atoms with Gasteiger partial charge in [-0.25, -0.2) is 4.98 Å². The van der Waals surface area contributed by atoms with Crippen molar-refractivity contribution in [1.82, 2.24) is 4.98 Å². The summed E-state index contributed by atoms with van der Waals surface area (Å²) in [6, 6.07) is 5.03. The second-order valence-corrected chi connectivity index (χ2v) is 4.47. The fraction of sp³-hybridized carbons (Fsp3) is 0.357. The molecule has 108 valence electrons. The van der Waals surface area contributed by atoms with Gasteiger partial charge in [-0.05, 0) is 31.0 Å². The van der Waals surface area contributed by atoms with Crippen molar-refractivity contribution in [1.29, 1.82) is 0 Å². The number of rotatable bonds is 4. The molecule has 0 unspecified atom stereocenters. The molecule has 0 atom stereocenters. The molecule has 1 heterocycles. The van der Waals surface area contributed by atoms with Crippen LogP contribution >= 0.6 is 0 Å². The first kappa shape index (κ1) is 14.6. The molecular formula is C14H14F3NO2. The van der Waals surface area contributed by atoms with Crippen molar-refractivity contribution < 1.29 is 22.7 Å². The van der Waals surface area contributed by atoms with E-state index < -0.39 is 11.7 Å². The molecule has 0 radical (unpaired) electrons. The van der Waals surface area contributed by atoms with Crippen LogP contribution in [0.15, 0.2) is 28.7 Å². The maximum atomic E-state index is 12.4. The van der Waals surface area contributed by atoms with Crippen LogP contribution in [-0.4, -0.2) is 10.1 Å². The van der Waals surface area contributed by atoms with Crippen molar-refractivity contribution in [3.8, 4) is 0 Å². The van der Waals surface area contributed by atoms with Crippen LogP contribution in [0.4, 0.5) is 13.2 Å². The number of hydrogen-bond acceptors (Lipinski definition) is 3. The number of aliphatic hydroxyl groups is 1. The van der Waals surface area contributed by atoms with Crippen LogP contribution in [0.1, 0.15) is 28.5 Å². The Bertz CT molecular complexity index is 573. The van der Waals surface area contributed by atoms with Gasteiger partial charge in [0, 0.05) is 6.42 Å². The van der Waals surface area contributed by atoms with Crippen LogP contribution in [-0.2, 0) is 25.6 Å². The Morgan fingerprint density at radius 2 is 1.80 bits per heavy atom. The topological polar surface area (TPSA) is 46.3 Å². The Balaban J connectivity index is 2.00. The van der Waals surface area contributed by atoms with Gasteiger partial charge >= 0.3 is 6.18 Å². The first-order chi connectivity index (χ1) is 9.40. The summed E-state index contributed by atoms with van der Waals surface area (Å²) in [6.45, 7) is 1.52. The third-order valence-corrected chi connectivity index (χ3v) is 2.99. The predicted octanol–water partition coefficient (Wildman–Crippen LogP) is 3.28. The molecule has 0 amide bonds. The van der Waals surface area contributed by atoms with Crippen LogP contribution < -0.4 is 0 Å². The number of benzene rings is 1. The monoisotopic (exact) mass is 285 g/mol. The summed E-state index contributed by atoms with van der Waals surface area (Å²) in [5, 5.41) is 8.98. The smallest absolute Gasteiger partial charge is 0.416 e. The van der Waals surface area contributed by atoms with Gasteiger partial charge in [0.1, 0.15) is 6.61 Å². The molecule has 2 rings (SSSR count). The SMILES string of the molecule is Cc1nc(CCc2ccc(C(F)(F)F)cc2)oc1CO. The Hall–Kier alpha value is -1.82. The number of aromatic nitrogens is 1. The fourth-order valence-corrected chi connectivity index (χ4v) is 1.85. The second kappa shape index (κ2) is 5.66. The lowest BCUT2D eigenvalue weighted by Crippen LogP contribution is -2.04. The van der Waals surface area contributed by atoms with Crippen LogP contribution in [0.25, 0.3) is 0 Å². The molecule has 20 heavy (non-hydrogen) atoms. The summed E-state index contributed by atoms with van der Waals surface area (Å²) < 4.78 is 42.5. The van der Waals surface area contributed by atoms with E-state index in [0.29, 0.717) is 30.2 Å². The second-order valence-electron chi connectivity index (χ2n) is 4.47. The van der Waals surface area contributed by atoms with Crippen LogP contribution in [0.2, 0.25) is 0 Å². The highest BCUT2D eigenvalue weighted by Gasteiger charge is 2.29. The van der Waals surface area contributed by atoms with Gasteiger partial charge in [0.05, 0.1) is 11.3 Å². The zero-order valence-electron chi connectivity index (χ0n) is 10.9. The lowest BCUT2D eigenvalue weighted by atomic mass is 10.1. The molecule has 0 saturated heterocycles. The largest absolute Gasteiger partial charge is 0.443 e. The molecule has 0 saturated carbocycles. The number of hydrogen-bond donors (Lipinski definition) is 1. The minimum absolute atomic E-state index is 0.209. The van der Waals surface area contributed by atoms with Gasteiger partial charge < -0.3 is 9.52 Å². The zero-order valence-corrected chi connectivity index (χ0v) is 10.9. The van der Waals surface area contributed by atoms with E-state index in [2.05, 4.69) is 4.98 Å². The Labute approximate surface area is 114 Å². The molecular weight excluding hydrogens is 271 g/mol. The summed E-state index contributed by atoms with van der Waals surface area (Å²) in [6.07, 6.45) is -3.30. The number of halogens is 3. The standard InChI is InChI=1S/C14H14F3NO2/c1-9-12(8-19)20-13(18-9)7-4-10-2-5-11(6-3-10)14(15,16)17/h2-3,5-6,19H,4,7-8H2,1H3. The van der Waals surface area contributed by atoms with Gasteiger partial charge in [-0.3, -0.25) is 0 Å². The summed E-state index contributed by atoms with van der Waals surface area (Å²) in [7, 11) is 0. The summed E-state index contributed by atoms with van der Waals surface area (Å²) in [5.74, 6) is 0.902. The van der Waals surface area contributed by atoms with Crippen molar-refractivity contribution in [2.24, 2.45) is 0 Å². The maximum Gasteiger partial charge on any atom is 0.416 e. The summed E-state index contributed by atoms with van der Waals surface area (Å²) in [4.78, 5) is 4.15. The Kier molecular flexibility index (Phi) is 4.13. The average molecular weight is 285 g/mol. The normalized spacial score (nSPS) is 11.8. The maximum absolute atomic E-state index is 12.4.